The van der Waals surface area contributed by atoms with Crippen LogP contribution in [-0.2, 0) is 29.4 Å². The highest BCUT2D eigenvalue weighted by Crippen LogP contribution is 2.26. The van der Waals surface area contributed by atoms with Gasteiger partial charge >= 0.3 is 0 Å². The van der Waals surface area contributed by atoms with Gasteiger partial charge in [0, 0.05) is 10.6 Å². The lowest BCUT2D eigenvalue weighted by Gasteiger charge is -2.23. The Bertz CT molecular complexity index is 1260. The summed E-state index contributed by atoms with van der Waals surface area (Å²) in [6, 6.07) is 20.0. The number of nitrogens with zero attached hydrogens (tertiary/aromatic N) is 1. The molecule has 172 valence electrons. The molecule has 0 fully saturated rings. The summed E-state index contributed by atoms with van der Waals surface area (Å²) in [5.74, 6) is -0.196. The van der Waals surface area contributed by atoms with Crippen molar-refractivity contribution >= 4 is 33.2 Å². The highest BCUT2D eigenvalue weighted by atomic mass is 35.5. The Balaban J connectivity index is 1.47. The van der Waals surface area contributed by atoms with E-state index in [1.807, 2.05) is 6.92 Å². The number of anilines is 1. The summed E-state index contributed by atoms with van der Waals surface area (Å²) >= 11 is 5.93. The topological polar surface area (TPSA) is 66.5 Å². The van der Waals surface area contributed by atoms with E-state index in [2.05, 4.69) is 23.5 Å². The summed E-state index contributed by atoms with van der Waals surface area (Å²) in [4.78, 5) is 12.8. The van der Waals surface area contributed by atoms with Crippen LogP contribution in [0.15, 0.2) is 66.7 Å². The Morgan fingerprint density at radius 1 is 1.00 bits per heavy atom. The molecule has 1 amide bonds. The van der Waals surface area contributed by atoms with Crippen LogP contribution in [0.5, 0.6) is 0 Å². The lowest BCUT2D eigenvalue weighted by molar-refractivity contribution is 0.0940. The van der Waals surface area contributed by atoms with Crippen molar-refractivity contribution in [3.63, 3.8) is 0 Å². The molecular formula is C26H27ClN2O3S. The van der Waals surface area contributed by atoms with Crippen LogP contribution in [-0.4, -0.2) is 20.6 Å². The van der Waals surface area contributed by atoms with Crippen LogP contribution in [0.1, 0.15) is 52.0 Å². The van der Waals surface area contributed by atoms with Gasteiger partial charge in [-0.25, -0.2) is 8.42 Å². The van der Waals surface area contributed by atoms with E-state index in [4.69, 9.17) is 11.6 Å². The summed E-state index contributed by atoms with van der Waals surface area (Å²) < 4.78 is 26.2. The monoisotopic (exact) mass is 482 g/mol. The lowest BCUT2D eigenvalue weighted by Crippen LogP contribution is -2.29. The molecule has 0 aliphatic heterocycles. The van der Waals surface area contributed by atoms with E-state index in [0.29, 0.717) is 16.3 Å². The molecule has 0 saturated carbocycles. The fourth-order valence-electron chi connectivity index (χ4n) is 4.16. The standard InChI is InChI=1S/C26H27ClN2O3S/c1-18(22-9-8-20-4-3-5-23(20)16-22)28-26(30)21-10-14-25(15-11-21)29(33(2,31)32)17-19-6-12-24(27)13-7-19/h6-16,18H,3-5,17H2,1-2H3,(H,28,30)/t18-/m1/s1. The molecule has 0 spiro atoms. The van der Waals surface area contributed by atoms with Gasteiger partial charge in [0.25, 0.3) is 5.91 Å². The smallest absolute Gasteiger partial charge is 0.251 e. The first-order valence-electron chi connectivity index (χ1n) is 11.0. The van der Waals surface area contributed by atoms with Crippen molar-refractivity contribution < 1.29 is 13.2 Å². The predicted octanol–water partition coefficient (Wildman–Crippen LogP) is 5.29. The minimum atomic E-state index is -3.52. The van der Waals surface area contributed by atoms with Gasteiger partial charge in [-0.15, -0.1) is 0 Å². The van der Waals surface area contributed by atoms with E-state index >= 15 is 0 Å². The SMILES string of the molecule is C[C@@H](NC(=O)c1ccc(N(Cc2ccc(Cl)cc2)S(C)(=O)=O)cc1)c1ccc2c(c1)CCC2. The molecule has 1 aliphatic rings. The third-order valence-electron chi connectivity index (χ3n) is 6.03. The number of carbonyl (C=O) groups excluding carboxylic acids is 1. The first-order valence-corrected chi connectivity index (χ1v) is 13.2. The van der Waals surface area contributed by atoms with Gasteiger partial charge in [0.15, 0.2) is 0 Å². The van der Waals surface area contributed by atoms with Crippen molar-refractivity contribution in [3.05, 3.63) is 99.6 Å². The zero-order chi connectivity index (χ0) is 23.6. The van der Waals surface area contributed by atoms with Crippen LogP contribution < -0.4 is 9.62 Å². The maximum absolute atomic E-state index is 12.8. The number of aryl methyl sites for hydroxylation is 2. The fourth-order valence-corrected chi connectivity index (χ4v) is 5.17. The molecule has 0 saturated heterocycles. The predicted molar refractivity (Wildman–Crippen MR) is 133 cm³/mol. The first-order chi connectivity index (χ1) is 15.7. The zero-order valence-electron chi connectivity index (χ0n) is 18.7. The minimum Gasteiger partial charge on any atom is -0.346 e. The zero-order valence-corrected chi connectivity index (χ0v) is 20.3. The van der Waals surface area contributed by atoms with Crippen molar-refractivity contribution in [3.8, 4) is 0 Å². The molecule has 1 N–H and O–H groups in total. The second-order valence-corrected chi connectivity index (χ2v) is 10.9. The molecule has 3 aromatic rings. The Kier molecular flexibility index (Phi) is 6.77. The van der Waals surface area contributed by atoms with Gasteiger partial charge < -0.3 is 5.32 Å². The van der Waals surface area contributed by atoms with Gasteiger partial charge in [-0.2, -0.15) is 0 Å². The highest BCUT2D eigenvalue weighted by molar-refractivity contribution is 7.92. The number of sulfonamides is 1. The summed E-state index contributed by atoms with van der Waals surface area (Å²) in [6.07, 6.45) is 4.58. The van der Waals surface area contributed by atoms with E-state index in [9.17, 15) is 13.2 Å². The molecule has 1 aliphatic carbocycles. The molecule has 0 heterocycles. The Morgan fingerprint density at radius 2 is 1.67 bits per heavy atom. The molecule has 0 bridgehead atoms. The molecular weight excluding hydrogens is 456 g/mol. The van der Waals surface area contributed by atoms with E-state index < -0.39 is 10.0 Å². The van der Waals surface area contributed by atoms with Gasteiger partial charge in [0.2, 0.25) is 10.0 Å². The summed E-state index contributed by atoms with van der Waals surface area (Å²) in [5, 5.41) is 3.64. The van der Waals surface area contributed by atoms with Crippen molar-refractivity contribution in [1.82, 2.24) is 5.32 Å². The second-order valence-electron chi connectivity index (χ2n) is 8.52. The molecule has 1 atom stereocenters. The number of hydrogen-bond donors (Lipinski definition) is 1. The van der Waals surface area contributed by atoms with Gasteiger partial charge in [-0.1, -0.05) is 41.9 Å². The van der Waals surface area contributed by atoms with Crippen molar-refractivity contribution in [1.29, 1.82) is 0 Å². The molecule has 5 nitrogen and oxygen atoms in total. The number of nitrogens with one attached hydrogen (secondary N) is 1. The van der Waals surface area contributed by atoms with Crippen LogP contribution in [0.2, 0.25) is 5.02 Å². The first kappa shape index (κ1) is 23.3. The maximum Gasteiger partial charge on any atom is 0.251 e. The number of fused-ring (bicyclic) bond motifs is 1. The largest absolute Gasteiger partial charge is 0.346 e. The van der Waals surface area contributed by atoms with E-state index in [1.54, 1.807) is 48.5 Å². The Labute approximate surface area is 200 Å². The molecule has 3 aromatic carbocycles. The van der Waals surface area contributed by atoms with E-state index in [1.165, 1.54) is 28.1 Å². The van der Waals surface area contributed by atoms with Crippen molar-refractivity contribution in [2.45, 2.75) is 38.8 Å². The molecule has 0 aromatic heterocycles. The van der Waals surface area contributed by atoms with Crippen LogP contribution >= 0.6 is 11.6 Å². The molecule has 0 unspecified atom stereocenters. The van der Waals surface area contributed by atoms with Gasteiger partial charge in [0.1, 0.15) is 0 Å². The van der Waals surface area contributed by atoms with E-state index in [-0.39, 0.29) is 18.5 Å². The average Bonchev–Trinajstić information content (AvgIpc) is 3.26. The highest BCUT2D eigenvalue weighted by Gasteiger charge is 2.19. The summed E-state index contributed by atoms with van der Waals surface area (Å²) in [5.41, 5.74) is 5.66. The Morgan fingerprint density at radius 3 is 2.33 bits per heavy atom. The molecule has 0 radical (unpaired) electrons. The molecule has 4 rings (SSSR count). The number of carbonyl (C=O) groups is 1. The third kappa shape index (κ3) is 5.57. The summed E-state index contributed by atoms with van der Waals surface area (Å²) in [7, 11) is -3.52. The number of hydrogen-bond acceptors (Lipinski definition) is 3. The maximum atomic E-state index is 12.8. The van der Waals surface area contributed by atoms with Crippen molar-refractivity contribution in [2.24, 2.45) is 0 Å². The fraction of sp³-hybridized carbons (Fsp3) is 0.269. The number of amides is 1. The quantitative estimate of drug-likeness (QED) is 0.497. The van der Waals surface area contributed by atoms with Gasteiger partial charge in [0.05, 0.1) is 24.5 Å². The normalized spacial score (nSPS) is 13.9. The lowest BCUT2D eigenvalue weighted by atomic mass is 10.0. The van der Waals surface area contributed by atoms with E-state index in [0.717, 1.165) is 24.0 Å². The average molecular weight is 483 g/mol. The van der Waals surface area contributed by atoms with Crippen molar-refractivity contribution in [2.75, 3.05) is 10.6 Å². The van der Waals surface area contributed by atoms with Gasteiger partial charge in [-0.3, -0.25) is 9.10 Å². The van der Waals surface area contributed by atoms with Crippen LogP contribution in [0, 0.1) is 0 Å². The van der Waals surface area contributed by atoms with Crippen LogP contribution in [0.25, 0.3) is 0 Å². The van der Waals surface area contributed by atoms with Crippen LogP contribution in [0.4, 0.5) is 5.69 Å². The minimum absolute atomic E-state index is 0.125. The molecule has 33 heavy (non-hydrogen) atoms. The summed E-state index contributed by atoms with van der Waals surface area (Å²) in [6.45, 7) is 2.15. The second kappa shape index (κ2) is 9.57. The number of benzene rings is 3. The number of halogens is 1. The van der Waals surface area contributed by atoms with Crippen LogP contribution in [0.3, 0.4) is 0 Å². The van der Waals surface area contributed by atoms with Gasteiger partial charge in [-0.05, 0) is 84.8 Å². The third-order valence-corrected chi connectivity index (χ3v) is 7.42. The molecule has 7 heteroatoms. The number of rotatable bonds is 7. The Hall–Kier alpha value is -2.83.